The molecule has 1 aromatic carbocycles. The lowest BCUT2D eigenvalue weighted by Gasteiger charge is -2.24. The van der Waals surface area contributed by atoms with Gasteiger partial charge in [-0.15, -0.1) is 0 Å². The lowest BCUT2D eigenvalue weighted by molar-refractivity contribution is 0.235. The lowest BCUT2D eigenvalue weighted by Crippen LogP contribution is -2.30. The third-order valence-corrected chi connectivity index (χ3v) is 3.56. The first-order valence-corrected chi connectivity index (χ1v) is 6.14. The molecule has 2 rings (SSSR count). The molecule has 1 aromatic rings. The van der Waals surface area contributed by atoms with Crippen molar-refractivity contribution < 1.29 is 0 Å². The van der Waals surface area contributed by atoms with Crippen molar-refractivity contribution in [3.05, 3.63) is 35.4 Å². The highest BCUT2D eigenvalue weighted by Crippen LogP contribution is 2.23. The van der Waals surface area contributed by atoms with Gasteiger partial charge in [0.2, 0.25) is 0 Å². The summed E-state index contributed by atoms with van der Waals surface area (Å²) in [5, 5.41) is 8.86. The number of rotatable bonds is 3. The molecule has 1 fully saturated rings. The van der Waals surface area contributed by atoms with Crippen molar-refractivity contribution in [2.45, 2.75) is 37.9 Å². The first-order chi connectivity index (χ1) is 8.19. The van der Waals surface area contributed by atoms with E-state index in [1.165, 1.54) is 12.0 Å². The van der Waals surface area contributed by atoms with Gasteiger partial charge in [-0.1, -0.05) is 12.1 Å². The summed E-state index contributed by atoms with van der Waals surface area (Å²) in [6.45, 7) is 0.896. The summed E-state index contributed by atoms with van der Waals surface area (Å²) in [7, 11) is 2.14. The second-order valence-electron chi connectivity index (χ2n) is 4.95. The summed E-state index contributed by atoms with van der Waals surface area (Å²) in [6, 6.07) is 11.0. The topological polar surface area (TPSA) is 53.0 Å². The van der Waals surface area contributed by atoms with Gasteiger partial charge in [0.05, 0.1) is 11.6 Å². The van der Waals surface area contributed by atoms with Crippen LogP contribution in [0.3, 0.4) is 0 Å². The average molecular weight is 229 g/mol. The maximum absolute atomic E-state index is 8.86. The largest absolute Gasteiger partial charge is 0.328 e. The Morgan fingerprint density at radius 1 is 1.47 bits per heavy atom. The Kier molecular flexibility index (Phi) is 3.78. The fraction of sp³-hybridized carbons (Fsp3) is 0.500. The minimum absolute atomic E-state index is 0.368. The fourth-order valence-corrected chi connectivity index (χ4v) is 2.55. The van der Waals surface area contributed by atoms with E-state index in [2.05, 4.69) is 24.1 Å². The average Bonchev–Trinajstić information content (AvgIpc) is 2.76. The summed E-state index contributed by atoms with van der Waals surface area (Å²) >= 11 is 0. The van der Waals surface area contributed by atoms with Crippen LogP contribution in [0.2, 0.25) is 0 Å². The van der Waals surface area contributed by atoms with Gasteiger partial charge in [0.1, 0.15) is 0 Å². The Hall–Kier alpha value is -1.37. The number of nitrogens with two attached hydrogens (primary N) is 1. The van der Waals surface area contributed by atoms with Gasteiger partial charge >= 0.3 is 0 Å². The van der Waals surface area contributed by atoms with Crippen molar-refractivity contribution in [1.82, 2.24) is 4.90 Å². The third-order valence-electron chi connectivity index (χ3n) is 3.56. The first kappa shape index (κ1) is 12.1. The molecule has 1 saturated carbocycles. The highest BCUT2D eigenvalue weighted by Gasteiger charge is 2.24. The molecule has 0 bridgehead atoms. The van der Waals surface area contributed by atoms with Crippen LogP contribution in [0.4, 0.5) is 0 Å². The highest BCUT2D eigenvalue weighted by atomic mass is 15.1. The molecule has 2 N–H and O–H groups in total. The van der Waals surface area contributed by atoms with Gasteiger partial charge in [-0.2, -0.15) is 5.26 Å². The van der Waals surface area contributed by atoms with E-state index >= 15 is 0 Å². The van der Waals surface area contributed by atoms with E-state index in [1.807, 2.05) is 18.2 Å². The van der Waals surface area contributed by atoms with Crippen molar-refractivity contribution in [2.75, 3.05) is 7.05 Å². The zero-order valence-electron chi connectivity index (χ0n) is 10.3. The van der Waals surface area contributed by atoms with Gasteiger partial charge in [0, 0.05) is 18.6 Å². The monoisotopic (exact) mass is 229 g/mol. The first-order valence-electron chi connectivity index (χ1n) is 6.14. The van der Waals surface area contributed by atoms with Gasteiger partial charge in [0.15, 0.2) is 0 Å². The quantitative estimate of drug-likeness (QED) is 0.861. The molecule has 3 nitrogen and oxygen atoms in total. The summed E-state index contributed by atoms with van der Waals surface area (Å²) in [5.41, 5.74) is 7.87. The van der Waals surface area contributed by atoms with Gasteiger partial charge in [-0.05, 0) is 44.0 Å². The molecule has 1 aliphatic rings. The fourth-order valence-electron chi connectivity index (χ4n) is 2.55. The molecule has 0 heterocycles. The van der Waals surface area contributed by atoms with Crippen molar-refractivity contribution in [3.63, 3.8) is 0 Å². The molecule has 2 atom stereocenters. The van der Waals surface area contributed by atoms with Crippen molar-refractivity contribution in [3.8, 4) is 6.07 Å². The Morgan fingerprint density at radius 2 is 2.29 bits per heavy atom. The van der Waals surface area contributed by atoms with Gasteiger partial charge in [-0.3, -0.25) is 4.90 Å². The number of benzene rings is 1. The molecule has 2 unspecified atom stereocenters. The predicted molar refractivity (Wildman–Crippen MR) is 68.2 cm³/mol. The van der Waals surface area contributed by atoms with E-state index in [-0.39, 0.29) is 0 Å². The van der Waals surface area contributed by atoms with Crippen LogP contribution in [0, 0.1) is 11.3 Å². The third kappa shape index (κ3) is 3.06. The van der Waals surface area contributed by atoms with Gasteiger partial charge < -0.3 is 5.73 Å². The summed E-state index contributed by atoms with van der Waals surface area (Å²) in [5.74, 6) is 0. The maximum Gasteiger partial charge on any atom is 0.0991 e. The second kappa shape index (κ2) is 5.31. The van der Waals surface area contributed by atoms with Crippen LogP contribution in [0.5, 0.6) is 0 Å². The van der Waals surface area contributed by atoms with Crippen LogP contribution in [0.15, 0.2) is 24.3 Å². The van der Waals surface area contributed by atoms with Gasteiger partial charge in [0.25, 0.3) is 0 Å². The minimum atomic E-state index is 0.368. The molecule has 0 saturated heterocycles. The molecule has 0 aliphatic heterocycles. The molecule has 0 aromatic heterocycles. The zero-order valence-corrected chi connectivity index (χ0v) is 10.3. The van der Waals surface area contributed by atoms with E-state index in [0.29, 0.717) is 12.1 Å². The molecular formula is C14H19N3. The van der Waals surface area contributed by atoms with E-state index in [0.717, 1.165) is 24.9 Å². The van der Waals surface area contributed by atoms with Crippen LogP contribution in [0.25, 0.3) is 0 Å². The van der Waals surface area contributed by atoms with Crippen molar-refractivity contribution in [1.29, 1.82) is 5.26 Å². The Balaban J connectivity index is 1.98. The smallest absolute Gasteiger partial charge is 0.0991 e. The summed E-state index contributed by atoms with van der Waals surface area (Å²) < 4.78 is 0. The lowest BCUT2D eigenvalue weighted by atomic mass is 10.1. The molecule has 17 heavy (non-hydrogen) atoms. The zero-order chi connectivity index (χ0) is 12.3. The Bertz CT molecular complexity index is 422. The number of hydrogen-bond acceptors (Lipinski definition) is 3. The van der Waals surface area contributed by atoms with Crippen LogP contribution in [-0.4, -0.2) is 24.0 Å². The number of nitrogens with zero attached hydrogens (tertiary/aromatic N) is 2. The molecule has 0 radical (unpaired) electrons. The van der Waals surface area contributed by atoms with Crippen LogP contribution in [0.1, 0.15) is 30.4 Å². The van der Waals surface area contributed by atoms with Crippen LogP contribution >= 0.6 is 0 Å². The summed E-state index contributed by atoms with van der Waals surface area (Å²) in [6.07, 6.45) is 3.41. The predicted octanol–water partition coefficient (Wildman–Crippen LogP) is 1.87. The van der Waals surface area contributed by atoms with E-state index < -0.39 is 0 Å². The van der Waals surface area contributed by atoms with Crippen LogP contribution < -0.4 is 5.73 Å². The normalized spacial score (nSPS) is 23.9. The number of nitriles is 1. The van der Waals surface area contributed by atoms with Crippen molar-refractivity contribution >= 4 is 0 Å². The second-order valence-corrected chi connectivity index (χ2v) is 4.95. The Morgan fingerprint density at radius 3 is 2.94 bits per heavy atom. The van der Waals surface area contributed by atoms with Crippen molar-refractivity contribution in [2.24, 2.45) is 5.73 Å². The molecule has 3 heteroatoms. The SMILES string of the molecule is CN(Cc1cccc(C#N)c1)C1CCC(N)C1. The minimum Gasteiger partial charge on any atom is -0.328 e. The molecule has 1 aliphatic carbocycles. The van der Waals surface area contributed by atoms with E-state index in [4.69, 9.17) is 11.0 Å². The molecule has 0 spiro atoms. The Labute approximate surface area is 103 Å². The highest BCUT2D eigenvalue weighted by molar-refractivity contribution is 5.32. The standard InChI is InChI=1S/C14H19N3/c1-17(14-6-5-13(16)8-14)10-12-4-2-3-11(7-12)9-15/h2-4,7,13-14H,5-6,8,10,16H2,1H3. The van der Waals surface area contributed by atoms with E-state index in [1.54, 1.807) is 0 Å². The number of hydrogen-bond donors (Lipinski definition) is 1. The van der Waals surface area contributed by atoms with E-state index in [9.17, 15) is 0 Å². The van der Waals surface area contributed by atoms with Crippen LogP contribution in [-0.2, 0) is 6.54 Å². The molecule has 0 amide bonds. The molecule has 90 valence electrons. The maximum atomic E-state index is 8.86. The summed E-state index contributed by atoms with van der Waals surface area (Å²) in [4.78, 5) is 2.35. The van der Waals surface area contributed by atoms with Gasteiger partial charge in [-0.25, -0.2) is 0 Å². The molecular weight excluding hydrogens is 210 g/mol.